The van der Waals surface area contributed by atoms with Crippen LogP contribution in [0.25, 0.3) is 5.57 Å². The predicted octanol–water partition coefficient (Wildman–Crippen LogP) is 3.17. The van der Waals surface area contributed by atoms with Gasteiger partial charge in [-0.2, -0.15) is 0 Å². The number of nitrogens with one attached hydrogen (secondary N) is 1. The van der Waals surface area contributed by atoms with Crippen molar-refractivity contribution in [2.75, 3.05) is 13.1 Å². The normalized spacial score (nSPS) is 27.8. The second kappa shape index (κ2) is 4.54. The van der Waals surface area contributed by atoms with Gasteiger partial charge in [-0.1, -0.05) is 6.08 Å². The van der Waals surface area contributed by atoms with Gasteiger partial charge in [0.25, 0.3) is 0 Å². The van der Waals surface area contributed by atoms with Crippen LogP contribution in [0.1, 0.15) is 24.0 Å². The van der Waals surface area contributed by atoms with Gasteiger partial charge in [-0.3, -0.25) is 0 Å². The molecule has 0 amide bonds. The van der Waals surface area contributed by atoms with Crippen molar-refractivity contribution in [1.29, 1.82) is 0 Å². The van der Waals surface area contributed by atoms with E-state index >= 15 is 0 Å². The van der Waals surface area contributed by atoms with Crippen LogP contribution in [-0.2, 0) is 0 Å². The zero-order chi connectivity index (χ0) is 11.8. The molecular weight excluding hydrogens is 276 g/mol. The SMILES string of the molecule is Cc1cc(C2=CC3CCNCC3C2)cnc1Br. The molecule has 17 heavy (non-hydrogen) atoms. The first-order valence-electron chi connectivity index (χ1n) is 6.28. The quantitative estimate of drug-likeness (QED) is 0.805. The Bertz CT molecular complexity index is 467. The Morgan fingerprint density at radius 2 is 2.35 bits per heavy atom. The van der Waals surface area contributed by atoms with Crippen molar-refractivity contribution in [3.05, 3.63) is 34.1 Å². The number of fused-ring (bicyclic) bond motifs is 1. The minimum Gasteiger partial charge on any atom is -0.316 e. The van der Waals surface area contributed by atoms with Gasteiger partial charge >= 0.3 is 0 Å². The maximum atomic E-state index is 4.40. The van der Waals surface area contributed by atoms with E-state index < -0.39 is 0 Å². The Morgan fingerprint density at radius 1 is 1.47 bits per heavy atom. The van der Waals surface area contributed by atoms with Crippen LogP contribution in [-0.4, -0.2) is 18.1 Å². The van der Waals surface area contributed by atoms with Crippen molar-refractivity contribution in [3.63, 3.8) is 0 Å². The first-order valence-corrected chi connectivity index (χ1v) is 7.07. The van der Waals surface area contributed by atoms with Gasteiger partial charge in [-0.15, -0.1) is 0 Å². The smallest absolute Gasteiger partial charge is 0.109 e. The van der Waals surface area contributed by atoms with E-state index in [1.165, 1.54) is 42.6 Å². The molecule has 2 nitrogen and oxygen atoms in total. The molecule has 1 saturated heterocycles. The van der Waals surface area contributed by atoms with Crippen LogP contribution in [0.15, 0.2) is 22.9 Å². The van der Waals surface area contributed by atoms with E-state index in [0.29, 0.717) is 0 Å². The molecule has 2 aliphatic rings. The van der Waals surface area contributed by atoms with Crippen molar-refractivity contribution >= 4 is 21.5 Å². The summed E-state index contributed by atoms with van der Waals surface area (Å²) in [5, 5.41) is 3.49. The number of hydrogen-bond donors (Lipinski definition) is 1. The summed E-state index contributed by atoms with van der Waals surface area (Å²) in [7, 11) is 0. The van der Waals surface area contributed by atoms with E-state index in [1.807, 2.05) is 6.20 Å². The average Bonchev–Trinajstić information content (AvgIpc) is 2.76. The third-order valence-electron chi connectivity index (χ3n) is 3.95. The highest BCUT2D eigenvalue weighted by molar-refractivity contribution is 9.10. The Morgan fingerprint density at radius 3 is 3.12 bits per heavy atom. The van der Waals surface area contributed by atoms with E-state index in [9.17, 15) is 0 Å². The van der Waals surface area contributed by atoms with Gasteiger partial charge in [0.05, 0.1) is 0 Å². The van der Waals surface area contributed by atoms with E-state index in [1.54, 1.807) is 0 Å². The highest BCUT2D eigenvalue weighted by atomic mass is 79.9. The fraction of sp³-hybridized carbons (Fsp3) is 0.500. The van der Waals surface area contributed by atoms with Crippen molar-refractivity contribution < 1.29 is 0 Å². The topological polar surface area (TPSA) is 24.9 Å². The first-order chi connectivity index (χ1) is 8.24. The average molecular weight is 293 g/mol. The first kappa shape index (κ1) is 11.4. The molecule has 3 heteroatoms. The van der Waals surface area contributed by atoms with Crippen LogP contribution in [0.2, 0.25) is 0 Å². The molecule has 2 atom stereocenters. The predicted molar refractivity (Wildman–Crippen MR) is 73.7 cm³/mol. The summed E-state index contributed by atoms with van der Waals surface area (Å²) in [5.41, 5.74) is 4.02. The Balaban J connectivity index is 1.87. The maximum absolute atomic E-state index is 4.40. The molecule has 1 N–H and O–H groups in total. The number of hydrogen-bond acceptors (Lipinski definition) is 2. The van der Waals surface area contributed by atoms with E-state index in [2.05, 4.69) is 45.3 Å². The van der Waals surface area contributed by atoms with Crippen LogP contribution >= 0.6 is 15.9 Å². The molecule has 3 rings (SSSR count). The van der Waals surface area contributed by atoms with Crippen LogP contribution < -0.4 is 5.32 Å². The van der Waals surface area contributed by atoms with E-state index in [4.69, 9.17) is 0 Å². The molecule has 0 spiro atoms. The lowest BCUT2D eigenvalue weighted by Gasteiger charge is -2.25. The summed E-state index contributed by atoms with van der Waals surface area (Å²) in [5.74, 6) is 1.60. The number of aryl methyl sites for hydroxylation is 1. The molecule has 2 unspecified atom stereocenters. The third kappa shape index (κ3) is 2.18. The summed E-state index contributed by atoms with van der Waals surface area (Å²) >= 11 is 3.46. The number of piperidine rings is 1. The number of nitrogens with zero attached hydrogens (tertiary/aromatic N) is 1. The fourth-order valence-electron chi connectivity index (χ4n) is 2.94. The van der Waals surface area contributed by atoms with Crippen molar-refractivity contribution in [1.82, 2.24) is 10.3 Å². The van der Waals surface area contributed by atoms with Crippen LogP contribution in [0.3, 0.4) is 0 Å². The van der Waals surface area contributed by atoms with Crippen molar-refractivity contribution in [3.8, 4) is 0 Å². The molecule has 0 saturated carbocycles. The molecule has 0 radical (unpaired) electrons. The molecule has 90 valence electrons. The summed E-state index contributed by atoms with van der Waals surface area (Å²) in [6.45, 7) is 4.45. The van der Waals surface area contributed by atoms with Crippen molar-refractivity contribution in [2.45, 2.75) is 19.8 Å². The maximum Gasteiger partial charge on any atom is 0.109 e. The lowest BCUT2D eigenvalue weighted by Crippen LogP contribution is -2.33. The minimum atomic E-state index is 0.787. The zero-order valence-electron chi connectivity index (χ0n) is 10.0. The Hall–Kier alpha value is -0.670. The Labute approximate surface area is 111 Å². The summed E-state index contributed by atoms with van der Waals surface area (Å²) in [6, 6.07) is 2.24. The van der Waals surface area contributed by atoms with Crippen molar-refractivity contribution in [2.24, 2.45) is 11.8 Å². The second-order valence-electron chi connectivity index (χ2n) is 5.14. The summed E-state index contributed by atoms with van der Waals surface area (Å²) in [4.78, 5) is 4.40. The molecule has 0 bridgehead atoms. The fourth-order valence-corrected chi connectivity index (χ4v) is 3.16. The number of halogens is 1. The molecule has 0 aromatic carbocycles. The third-order valence-corrected chi connectivity index (χ3v) is 4.78. The molecule has 1 aliphatic heterocycles. The summed E-state index contributed by atoms with van der Waals surface area (Å²) < 4.78 is 0.957. The molecule has 1 aromatic rings. The molecule has 1 aliphatic carbocycles. The van der Waals surface area contributed by atoms with Gasteiger partial charge in [0.15, 0.2) is 0 Å². The number of rotatable bonds is 1. The zero-order valence-corrected chi connectivity index (χ0v) is 11.6. The van der Waals surface area contributed by atoms with Gasteiger partial charge < -0.3 is 5.32 Å². The largest absolute Gasteiger partial charge is 0.316 e. The van der Waals surface area contributed by atoms with E-state index in [0.717, 1.165) is 16.4 Å². The van der Waals surface area contributed by atoms with Crippen LogP contribution in [0, 0.1) is 18.8 Å². The van der Waals surface area contributed by atoms with Gasteiger partial charge in [-0.05, 0) is 83.4 Å². The summed E-state index contributed by atoms with van der Waals surface area (Å²) in [6.07, 6.45) is 6.97. The van der Waals surface area contributed by atoms with Crippen LogP contribution in [0.4, 0.5) is 0 Å². The number of pyridine rings is 1. The highest BCUT2D eigenvalue weighted by Crippen LogP contribution is 2.39. The second-order valence-corrected chi connectivity index (χ2v) is 5.90. The molecule has 1 aromatic heterocycles. The number of aromatic nitrogens is 1. The van der Waals surface area contributed by atoms with Gasteiger partial charge in [0.1, 0.15) is 4.60 Å². The highest BCUT2D eigenvalue weighted by Gasteiger charge is 2.30. The monoisotopic (exact) mass is 292 g/mol. The lowest BCUT2D eigenvalue weighted by atomic mass is 9.89. The number of allylic oxidation sites excluding steroid dienone is 2. The standard InChI is InChI=1S/C14H17BrN2/c1-9-4-12(8-17-14(9)15)11-5-10-2-3-16-7-13(10)6-11/h4-5,8,10,13,16H,2-3,6-7H2,1H3. The minimum absolute atomic E-state index is 0.787. The van der Waals surface area contributed by atoms with Gasteiger partial charge in [0.2, 0.25) is 0 Å². The lowest BCUT2D eigenvalue weighted by molar-refractivity contribution is 0.324. The molecule has 2 heterocycles. The Kier molecular flexibility index (Phi) is 3.05. The molecular formula is C14H17BrN2. The van der Waals surface area contributed by atoms with Gasteiger partial charge in [0, 0.05) is 6.20 Å². The molecule has 1 fully saturated rings. The van der Waals surface area contributed by atoms with Gasteiger partial charge in [-0.25, -0.2) is 4.98 Å². The van der Waals surface area contributed by atoms with E-state index in [-0.39, 0.29) is 0 Å². The van der Waals surface area contributed by atoms with Crippen LogP contribution in [0.5, 0.6) is 0 Å².